The zero-order valence-electron chi connectivity index (χ0n) is 36.4. The van der Waals surface area contributed by atoms with Crippen molar-refractivity contribution < 1.29 is 9.53 Å². The van der Waals surface area contributed by atoms with E-state index in [1.807, 2.05) is 63.8 Å². The first-order valence-corrected chi connectivity index (χ1v) is 23.5. The van der Waals surface area contributed by atoms with E-state index in [1.54, 1.807) is 13.9 Å². The lowest BCUT2D eigenvalue weighted by atomic mass is 9.94. The van der Waals surface area contributed by atoms with Gasteiger partial charge < -0.3 is 35.6 Å². The predicted octanol–water partition coefficient (Wildman–Crippen LogP) is 8.69. The Balaban J connectivity index is 0.000000210. The van der Waals surface area contributed by atoms with E-state index in [0.717, 1.165) is 77.3 Å². The van der Waals surface area contributed by atoms with Crippen LogP contribution in [0.3, 0.4) is 0 Å². The summed E-state index contributed by atoms with van der Waals surface area (Å²) in [5.41, 5.74) is 21.7. The highest BCUT2D eigenvalue weighted by Crippen LogP contribution is 2.43. The van der Waals surface area contributed by atoms with Crippen LogP contribution in [0.2, 0.25) is 16.6 Å². The number of carbonyl (C=O) groups excluding carboxylic acids is 1. The number of likely N-dealkylation sites (tertiary alicyclic amines) is 1. The molecule has 0 saturated carbocycles. The largest absolute Gasteiger partial charge is 0.444 e. The zero-order chi connectivity index (χ0) is 42.2. The normalized spacial score (nSPS) is 17.9. The zero-order valence-corrected chi connectivity index (χ0v) is 37.4. The van der Waals surface area contributed by atoms with Crippen LogP contribution in [0, 0.1) is 0 Å². The highest BCUT2D eigenvalue weighted by atomic mass is 28.3. The Morgan fingerprint density at radius 1 is 0.847 bits per heavy atom. The number of hydrogen-bond acceptors (Lipinski definition) is 9. The topological polar surface area (TPSA) is 175 Å². The van der Waals surface area contributed by atoms with Gasteiger partial charge in [-0.15, -0.1) is 0 Å². The fraction of sp³-hybridized carbons (Fsp3) is 0.523. The Kier molecular flexibility index (Phi) is 12.0. The van der Waals surface area contributed by atoms with Crippen LogP contribution in [0.1, 0.15) is 111 Å². The molecule has 1 amide bonds. The van der Waals surface area contributed by atoms with Crippen LogP contribution in [0.4, 0.5) is 16.4 Å². The maximum Gasteiger partial charge on any atom is 0.410 e. The number of nitrogens with two attached hydrogens (primary N) is 2. The van der Waals surface area contributed by atoms with Gasteiger partial charge in [0.05, 0.1) is 23.8 Å². The number of aromatic nitrogens is 8. The van der Waals surface area contributed by atoms with E-state index in [4.69, 9.17) is 26.2 Å². The molecule has 6 N–H and O–H groups in total. The lowest BCUT2D eigenvalue weighted by Gasteiger charge is -2.44. The van der Waals surface area contributed by atoms with Gasteiger partial charge in [0.1, 0.15) is 17.2 Å². The van der Waals surface area contributed by atoms with Gasteiger partial charge in [0.2, 0.25) is 0 Å². The van der Waals surface area contributed by atoms with E-state index >= 15 is 0 Å². The lowest BCUT2D eigenvalue weighted by Crippen LogP contribution is -2.51. The molecule has 2 unspecified atom stereocenters. The number of nitrogen functional groups attached to an aromatic ring is 2. The second-order valence-electron chi connectivity index (χ2n) is 18.4. The molecule has 2 aliphatic rings. The van der Waals surface area contributed by atoms with Crippen molar-refractivity contribution >= 4 is 37.3 Å². The molecule has 14 nitrogen and oxygen atoms in total. The Morgan fingerprint density at radius 2 is 1.44 bits per heavy atom. The Hall–Kier alpha value is -5.15. The number of H-pyrrole nitrogens is 1. The maximum atomic E-state index is 12.7. The molecule has 8 rings (SSSR count). The van der Waals surface area contributed by atoms with Crippen LogP contribution in [-0.2, 0) is 4.74 Å². The van der Waals surface area contributed by atoms with Crippen LogP contribution in [-0.4, -0.2) is 89.4 Å². The number of nitrogens with one attached hydrogen (secondary N) is 2. The number of anilines is 2. The molecular weight excluding hydrogens is 757 g/mol. The maximum absolute atomic E-state index is 12.7. The van der Waals surface area contributed by atoms with Crippen LogP contribution < -0.4 is 16.8 Å². The third-order valence-corrected chi connectivity index (χ3v) is 19.1. The second-order valence-corrected chi connectivity index (χ2v) is 24.1. The smallest absolute Gasteiger partial charge is 0.410 e. The first kappa shape index (κ1) is 42.0. The molecule has 2 fully saturated rings. The Labute approximate surface area is 349 Å². The summed E-state index contributed by atoms with van der Waals surface area (Å²) in [4.78, 5) is 27.5. The standard InChI is InChI=1S/C29H46N6O2Si.C15H18N6/c1-19(2)38(20(3)4,21(5)6)34-14-12-22(18-34)24-16-31-35-26(30)15-25(32-27(24)35)23-11-10-13-33(17-23)28(36)37-29(7,8)9;16-14-6-13(11-2-1-4-17-8-11)20-15-12(9-19-21(14)15)10-3-5-18-7-10/h12,14-16,18-21,23H,10-11,13,17,30H2,1-9H3;3,5-7,9,11,17-18H,1-2,4,8,16H2. The summed E-state index contributed by atoms with van der Waals surface area (Å²) in [5.74, 6) is 1.72. The third-order valence-electron chi connectivity index (χ3n) is 12.4. The molecule has 316 valence electrons. The SMILES string of the molecule is CC(C)[Si](C(C)C)(C(C)C)n1ccc(-c2cnn3c(N)cc(C4CCCN(C(=O)OC(C)(C)C)C4)nc23)c1.Nc1cc(C2CCCNC2)nc2c(-c3cc[nH]c3)cnn12. The first-order valence-electron chi connectivity index (χ1n) is 21.4. The van der Waals surface area contributed by atoms with Crippen molar-refractivity contribution in [3.05, 3.63) is 72.8 Å². The predicted molar refractivity (Wildman–Crippen MR) is 239 cm³/mol. The number of hydrogen-bond donors (Lipinski definition) is 4. The van der Waals surface area contributed by atoms with Crippen LogP contribution in [0.25, 0.3) is 33.5 Å². The van der Waals surface area contributed by atoms with Crippen molar-refractivity contribution in [3.63, 3.8) is 0 Å². The fourth-order valence-corrected chi connectivity index (χ4v) is 16.3. The van der Waals surface area contributed by atoms with E-state index in [-0.39, 0.29) is 12.0 Å². The van der Waals surface area contributed by atoms with Gasteiger partial charge in [-0.1, -0.05) is 41.5 Å². The molecule has 2 atom stereocenters. The van der Waals surface area contributed by atoms with Gasteiger partial charge in [0.15, 0.2) is 19.5 Å². The summed E-state index contributed by atoms with van der Waals surface area (Å²) in [6, 6.07) is 8.08. The van der Waals surface area contributed by atoms with E-state index < -0.39 is 13.8 Å². The average molecular weight is 821 g/mol. The number of fused-ring (bicyclic) bond motifs is 2. The van der Waals surface area contributed by atoms with Crippen molar-refractivity contribution in [3.8, 4) is 22.3 Å². The summed E-state index contributed by atoms with van der Waals surface area (Å²) in [6.45, 7) is 23.3. The van der Waals surface area contributed by atoms with Crippen molar-refractivity contribution in [2.24, 2.45) is 0 Å². The molecule has 0 aliphatic carbocycles. The molecule has 0 spiro atoms. The minimum atomic E-state index is -1.85. The summed E-state index contributed by atoms with van der Waals surface area (Å²) in [5, 5.41) is 12.4. The minimum Gasteiger partial charge on any atom is -0.444 e. The molecule has 0 aromatic carbocycles. The number of nitrogens with zero attached hydrogens (tertiary/aromatic N) is 8. The second kappa shape index (κ2) is 16.8. The van der Waals surface area contributed by atoms with Crippen LogP contribution in [0.5, 0.6) is 0 Å². The van der Waals surface area contributed by atoms with Crippen molar-refractivity contribution in [2.75, 3.05) is 37.6 Å². The molecule has 6 aromatic heterocycles. The molecule has 2 saturated heterocycles. The van der Waals surface area contributed by atoms with Gasteiger partial charge in [0.25, 0.3) is 0 Å². The van der Waals surface area contributed by atoms with Crippen LogP contribution >= 0.6 is 0 Å². The van der Waals surface area contributed by atoms with Gasteiger partial charge >= 0.3 is 6.09 Å². The molecular formula is C44H64N12O2Si. The van der Waals surface area contributed by atoms with Gasteiger partial charge in [-0.2, -0.15) is 19.2 Å². The van der Waals surface area contributed by atoms with E-state index in [0.29, 0.717) is 47.3 Å². The van der Waals surface area contributed by atoms with Gasteiger partial charge in [0, 0.05) is 84.4 Å². The fourth-order valence-electron chi connectivity index (χ4n) is 9.83. The van der Waals surface area contributed by atoms with Crippen molar-refractivity contribution in [1.82, 2.24) is 48.6 Å². The Morgan fingerprint density at radius 3 is 1.98 bits per heavy atom. The first-order chi connectivity index (χ1) is 28.1. The highest BCUT2D eigenvalue weighted by molar-refractivity contribution is 6.82. The van der Waals surface area contributed by atoms with Gasteiger partial charge in [-0.05, 0) is 88.0 Å². The minimum absolute atomic E-state index is 0.0961. The average Bonchev–Trinajstić information content (AvgIpc) is 4.02. The summed E-state index contributed by atoms with van der Waals surface area (Å²) < 4.78 is 11.6. The lowest BCUT2D eigenvalue weighted by molar-refractivity contribution is 0.0197. The number of amides is 1. The summed E-state index contributed by atoms with van der Waals surface area (Å²) in [6.07, 6.45) is 16.0. The summed E-state index contributed by atoms with van der Waals surface area (Å²) in [7, 11) is -1.85. The number of aromatic amines is 1. The van der Waals surface area contributed by atoms with E-state index in [9.17, 15) is 4.79 Å². The van der Waals surface area contributed by atoms with E-state index in [2.05, 4.69) is 84.7 Å². The molecule has 0 bridgehead atoms. The number of rotatable bonds is 8. The molecule has 15 heteroatoms. The number of ether oxygens (including phenoxy) is 1. The molecule has 6 aromatic rings. The summed E-state index contributed by atoms with van der Waals surface area (Å²) >= 11 is 0. The van der Waals surface area contributed by atoms with Crippen molar-refractivity contribution in [1.29, 1.82) is 0 Å². The molecule has 8 heterocycles. The monoisotopic (exact) mass is 821 g/mol. The van der Waals surface area contributed by atoms with E-state index in [1.165, 1.54) is 6.42 Å². The molecule has 59 heavy (non-hydrogen) atoms. The molecule has 2 aliphatic heterocycles. The van der Waals surface area contributed by atoms with Crippen LogP contribution in [0.15, 0.2) is 61.4 Å². The number of carbonyl (C=O) groups is 1. The van der Waals surface area contributed by atoms with Gasteiger partial charge in [-0.25, -0.2) is 14.8 Å². The third kappa shape index (κ3) is 8.36. The quantitative estimate of drug-likeness (QED) is 0.110. The van der Waals surface area contributed by atoms with Crippen molar-refractivity contribution in [2.45, 2.75) is 122 Å². The van der Waals surface area contributed by atoms with Gasteiger partial charge in [-0.3, -0.25) is 0 Å². The number of piperidine rings is 2. The Bertz CT molecular complexity index is 2340. The highest BCUT2D eigenvalue weighted by Gasteiger charge is 2.45. The molecule has 0 radical (unpaired) electrons.